The van der Waals surface area contributed by atoms with Gasteiger partial charge in [0.2, 0.25) is 0 Å². The molecule has 0 saturated carbocycles. The number of ketones is 1. The largest absolute Gasteiger partial charge is 0.294 e. The molecule has 0 saturated heterocycles. The average molecular weight is 213 g/mol. The van der Waals surface area contributed by atoms with Crippen molar-refractivity contribution in [2.75, 3.05) is 5.88 Å². The predicted octanol–water partition coefficient (Wildman–Crippen LogP) is 2.93. The summed E-state index contributed by atoms with van der Waals surface area (Å²) >= 11 is 6.90. The Hall–Kier alpha value is -0.780. The summed E-state index contributed by atoms with van der Waals surface area (Å²) in [5, 5.41) is 0. The SMILES string of the molecule is CC(=O)c1ccc(C#CCCCl)s1. The van der Waals surface area contributed by atoms with Crippen molar-refractivity contribution in [1.82, 2.24) is 0 Å². The zero-order valence-corrected chi connectivity index (χ0v) is 8.84. The number of thiophene rings is 1. The molecule has 13 heavy (non-hydrogen) atoms. The van der Waals surface area contributed by atoms with Gasteiger partial charge in [0.25, 0.3) is 0 Å². The van der Waals surface area contributed by atoms with Crippen molar-refractivity contribution in [2.45, 2.75) is 13.3 Å². The second kappa shape index (κ2) is 5.06. The van der Waals surface area contributed by atoms with Crippen LogP contribution in [0.25, 0.3) is 0 Å². The van der Waals surface area contributed by atoms with E-state index < -0.39 is 0 Å². The van der Waals surface area contributed by atoms with Crippen LogP contribution < -0.4 is 0 Å². The van der Waals surface area contributed by atoms with Crippen LogP contribution in [-0.4, -0.2) is 11.7 Å². The number of hydrogen-bond acceptors (Lipinski definition) is 2. The Kier molecular flexibility index (Phi) is 4.01. The van der Waals surface area contributed by atoms with Crippen molar-refractivity contribution in [2.24, 2.45) is 0 Å². The quantitative estimate of drug-likeness (QED) is 0.419. The van der Waals surface area contributed by atoms with E-state index in [2.05, 4.69) is 11.8 Å². The molecule has 0 aliphatic carbocycles. The van der Waals surface area contributed by atoms with E-state index in [4.69, 9.17) is 11.6 Å². The van der Waals surface area contributed by atoms with E-state index in [-0.39, 0.29) is 5.78 Å². The summed E-state index contributed by atoms with van der Waals surface area (Å²) < 4.78 is 0. The first-order valence-corrected chi connectivity index (χ1v) is 5.24. The fraction of sp³-hybridized carbons (Fsp3) is 0.300. The van der Waals surface area contributed by atoms with Gasteiger partial charge in [0.1, 0.15) is 0 Å². The topological polar surface area (TPSA) is 17.1 Å². The van der Waals surface area contributed by atoms with E-state index >= 15 is 0 Å². The summed E-state index contributed by atoms with van der Waals surface area (Å²) in [4.78, 5) is 12.6. The zero-order chi connectivity index (χ0) is 9.68. The third-order valence-electron chi connectivity index (χ3n) is 1.38. The number of rotatable bonds is 2. The molecular weight excluding hydrogens is 204 g/mol. The molecule has 0 amide bonds. The first kappa shape index (κ1) is 10.3. The lowest BCUT2D eigenvalue weighted by molar-refractivity contribution is 0.102. The van der Waals surface area contributed by atoms with Crippen molar-refractivity contribution in [1.29, 1.82) is 0 Å². The van der Waals surface area contributed by atoms with E-state index in [0.29, 0.717) is 12.3 Å². The van der Waals surface area contributed by atoms with E-state index in [9.17, 15) is 4.79 Å². The van der Waals surface area contributed by atoms with Crippen LogP contribution in [0, 0.1) is 11.8 Å². The minimum absolute atomic E-state index is 0.0930. The number of carbonyl (C=O) groups is 1. The Morgan fingerprint density at radius 2 is 2.38 bits per heavy atom. The minimum atomic E-state index is 0.0930. The highest BCUT2D eigenvalue weighted by atomic mass is 35.5. The second-order valence-corrected chi connectivity index (χ2v) is 3.92. The van der Waals surface area contributed by atoms with E-state index in [1.54, 1.807) is 13.0 Å². The molecule has 0 N–H and O–H groups in total. The molecule has 0 spiro atoms. The van der Waals surface area contributed by atoms with Crippen molar-refractivity contribution >= 4 is 28.7 Å². The molecule has 0 atom stereocenters. The second-order valence-electron chi connectivity index (χ2n) is 2.46. The molecule has 0 bridgehead atoms. The van der Waals surface area contributed by atoms with E-state index in [0.717, 1.165) is 9.75 Å². The predicted molar refractivity (Wildman–Crippen MR) is 56.5 cm³/mol. The standard InChI is InChI=1S/C10H9ClOS/c1-8(12)10-6-5-9(13-10)4-2-3-7-11/h5-6H,3,7H2,1H3. The van der Waals surface area contributed by atoms with E-state index in [1.807, 2.05) is 6.07 Å². The first-order chi connectivity index (χ1) is 6.24. The van der Waals surface area contributed by atoms with Gasteiger partial charge in [-0.2, -0.15) is 0 Å². The van der Waals surface area contributed by atoms with Gasteiger partial charge in [0.15, 0.2) is 5.78 Å². The van der Waals surface area contributed by atoms with Crippen molar-refractivity contribution in [3.05, 3.63) is 21.9 Å². The monoisotopic (exact) mass is 212 g/mol. The van der Waals surface area contributed by atoms with Crippen molar-refractivity contribution in [3.63, 3.8) is 0 Å². The van der Waals surface area contributed by atoms with Gasteiger partial charge in [0.05, 0.1) is 9.75 Å². The molecule has 1 heterocycles. The molecule has 1 nitrogen and oxygen atoms in total. The number of Topliss-reactive ketones (excluding diaryl/α,β-unsaturated/α-hetero) is 1. The maximum absolute atomic E-state index is 10.9. The minimum Gasteiger partial charge on any atom is -0.294 e. The van der Waals surface area contributed by atoms with Crippen LogP contribution in [0.2, 0.25) is 0 Å². The van der Waals surface area contributed by atoms with Crippen molar-refractivity contribution < 1.29 is 4.79 Å². The van der Waals surface area contributed by atoms with Gasteiger partial charge in [-0.25, -0.2) is 0 Å². The fourth-order valence-electron chi connectivity index (χ4n) is 0.791. The Balaban J connectivity index is 2.71. The van der Waals surface area contributed by atoms with Crippen LogP contribution in [0.5, 0.6) is 0 Å². The lowest BCUT2D eigenvalue weighted by Crippen LogP contribution is -1.83. The van der Waals surface area contributed by atoms with Crippen LogP contribution in [0.1, 0.15) is 27.9 Å². The Labute approximate surface area is 86.7 Å². The van der Waals surface area contributed by atoms with Gasteiger partial charge in [-0.15, -0.1) is 22.9 Å². The Morgan fingerprint density at radius 3 is 2.92 bits per heavy atom. The summed E-state index contributed by atoms with van der Waals surface area (Å²) in [6.07, 6.45) is 0.689. The normalized spacial score (nSPS) is 9.08. The summed E-state index contributed by atoms with van der Waals surface area (Å²) in [6.45, 7) is 1.56. The van der Waals surface area contributed by atoms with Crippen LogP contribution >= 0.6 is 22.9 Å². The third kappa shape index (κ3) is 3.22. The molecule has 1 rings (SSSR count). The summed E-state index contributed by atoms with van der Waals surface area (Å²) in [7, 11) is 0. The number of halogens is 1. The average Bonchev–Trinajstić information content (AvgIpc) is 2.53. The highest BCUT2D eigenvalue weighted by Gasteiger charge is 2.01. The van der Waals surface area contributed by atoms with Gasteiger partial charge >= 0.3 is 0 Å². The number of alkyl halides is 1. The van der Waals surface area contributed by atoms with Crippen LogP contribution in [0.4, 0.5) is 0 Å². The Bertz CT molecular complexity index is 356. The summed E-state index contributed by atoms with van der Waals surface area (Å²) in [5.41, 5.74) is 0. The molecule has 1 aromatic heterocycles. The van der Waals surface area contributed by atoms with Gasteiger partial charge in [-0.3, -0.25) is 4.79 Å². The van der Waals surface area contributed by atoms with Gasteiger partial charge in [-0.1, -0.05) is 11.8 Å². The van der Waals surface area contributed by atoms with Crippen molar-refractivity contribution in [3.8, 4) is 11.8 Å². The molecule has 3 heteroatoms. The summed E-state index contributed by atoms with van der Waals surface area (Å²) in [5.74, 6) is 6.52. The van der Waals surface area contributed by atoms with Crippen LogP contribution in [0.15, 0.2) is 12.1 Å². The number of hydrogen-bond donors (Lipinski definition) is 0. The Morgan fingerprint density at radius 1 is 1.62 bits per heavy atom. The highest BCUT2D eigenvalue weighted by molar-refractivity contribution is 7.14. The smallest absolute Gasteiger partial charge is 0.169 e. The molecule has 0 aromatic carbocycles. The number of carbonyl (C=O) groups excluding carboxylic acids is 1. The highest BCUT2D eigenvalue weighted by Crippen LogP contribution is 2.15. The lowest BCUT2D eigenvalue weighted by atomic mass is 10.3. The molecule has 0 aliphatic heterocycles. The van der Waals surface area contributed by atoms with Gasteiger partial charge < -0.3 is 0 Å². The molecule has 0 aliphatic rings. The molecular formula is C10H9ClOS. The third-order valence-corrected chi connectivity index (χ3v) is 2.67. The van der Waals surface area contributed by atoms with Crippen LogP contribution in [-0.2, 0) is 0 Å². The van der Waals surface area contributed by atoms with Gasteiger partial charge in [0, 0.05) is 12.3 Å². The van der Waals surface area contributed by atoms with E-state index in [1.165, 1.54) is 11.3 Å². The maximum atomic E-state index is 10.9. The van der Waals surface area contributed by atoms with Gasteiger partial charge in [-0.05, 0) is 19.1 Å². The summed E-state index contributed by atoms with van der Waals surface area (Å²) in [6, 6.07) is 3.67. The zero-order valence-electron chi connectivity index (χ0n) is 7.26. The maximum Gasteiger partial charge on any atom is 0.169 e. The first-order valence-electron chi connectivity index (χ1n) is 3.89. The lowest BCUT2D eigenvalue weighted by Gasteiger charge is -1.82. The molecule has 0 unspecified atom stereocenters. The molecule has 68 valence electrons. The fourth-order valence-corrected chi connectivity index (χ4v) is 1.66. The molecule has 1 aromatic rings. The molecule has 0 radical (unpaired) electrons. The molecule has 0 fully saturated rings. The van der Waals surface area contributed by atoms with Crippen LogP contribution in [0.3, 0.4) is 0 Å².